The smallest absolute Gasteiger partial charge is 0.196 e. The van der Waals surface area contributed by atoms with Crippen LogP contribution in [0.2, 0.25) is 0 Å². The van der Waals surface area contributed by atoms with Gasteiger partial charge in [-0.25, -0.2) is 5.21 Å². The number of rotatable bonds is 2. The van der Waals surface area contributed by atoms with Gasteiger partial charge in [-0.05, 0) is 18.2 Å². The predicted molar refractivity (Wildman–Crippen MR) is 82.1 cm³/mol. The Hall–Kier alpha value is -2.93. The van der Waals surface area contributed by atoms with E-state index in [1.807, 2.05) is 18.2 Å². The summed E-state index contributed by atoms with van der Waals surface area (Å²) in [6, 6.07) is 15.4. The SMILES string of the molecule is O=C1c2ccccc2-c2nnc(-c3ccc([NH+]([O-])O)cc3)cc21. The summed E-state index contributed by atoms with van der Waals surface area (Å²) in [6.45, 7) is 0. The fourth-order valence-corrected chi connectivity index (χ4v) is 2.72. The highest BCUT2D eigenvalue weighted by atomic mass is 16.8. The Morgan fingerprint density at radius 1 is 0.913 bits per heavy atom. The van der Waals surface area contributed by atoms with Crippen molar-refractivity contribution in [1.29, 1.82) is 0 Å². The lowest BCUT2D eigenvalue weighted by Gasteiger charge is -2.11. The summed E-state index contributed by atoms with van der Waals surface area (Å²) in [5, 5.41) is 27.2. The van der Waals surface area contributed by atoms with Gasteiger partial charge in [0.15, 0.2) is 11.5 Å². The van der Waals surface area contributed by atoms with E-state index in [0.29, 0.717) is 28.1 Å². The average Bonchev–Trinajstić information content (AvgIpc) is 2.88. The van der Waals surface area contributed by atoms with E-state index >= 15 is 0 Å². The molecule has 4 rings (SSSR count). The largest absolute Gasteiger partial charge is 0.595 e. The number of nitrogens with zero attached hydrogens (tertiary/aromatic N) is 2. The van der Waals surface area contributed by atoms with Crippen molar-refractivity contribution in [3.63, 3.8) is 0 Å². The van der Waals surface area contributed by atoms with Crippen LogP contribution in [0.25, 0.3) is 22.5 Å². The molecule has 0 saturated heterocycles. The number of quaternary nitrogens is 1. The maximum Gasteiger partial charge on any atom is 0.196 e. The first-order chi connectivity index (χ1) is 11.1. The van der Waals surface area contributed by atoms with Gasteiger partial charge in [0.05, 0.1) is 11.3 Å². The van der Waals surface area contributed by atoms with Gasteiger partial charge in [0, 0.05) is 28.8 Å². The summed E-state index contributed by atoms with van der Waals surface area (Å²) in [5.74, 6) is -0.0612. The van der Waals surface area contributed by atoms with Gasteiger partial charge in [-0.2, -0.15) is 5.23 Å². The molecule has 1 aliphatic carbocycles. The number of ketones is 1. The van der Waals surface area contributed by atoms with E-state index < -0.39 is 5.23 Å². The van der Waals surface area contributed by atoms with Crippen LogP contribution in [0.15, 0.2) is 54.6 Å². The summed E-state index contributed by atoms with van der Waals surface area (Å²) < 4.78 is 0. The summed E-state index contributed by atoms with van der Waals surface area (Å²) in [6.07, 6.45) is 0. The number of hydrogen-bond acceptors (Lipinski definition) is 5. The Balaban J connectivity index is 1.78. The number of aromatic nitrogens is 2. The minimum atomic E-state index is -0.984. The highest BCUT2D eigenvalue weighted by Crippen LogP contribution is 2.35. The van der Waals surface area contributed by atoms with Crippen LogP contribution in [0, 0.1) is 5.21 Å². The molecule has 112 valence electrons. The molecule has 6 nitrogen and oxygen atoms in total. The molecule has 1 atom stereocenters. The van der Waals surface area contributed by atoms with Crippen molar-refractivity contribution in [3.05, 3.63) is 70.9 Å². The average molecular weight is 305 g/mol. The molecule has 0 spiro atoms. The molecule has 1 heterocycles. The van der Waals surface area contributed by atoms with E-state index in [-0.39, 0.29) is 11.5 Å². The Kier molecular flexibility index (Phi) is 3.02. The van der Waals surface area contributed by atoms with E-state index in [9.17, 15) is 10.0 Å². The van der Waals surface area contributed by atoms with Gasteiger partial charge in [0.2, 0.25) is 0 Å². The molecule has 0 aliphatic heterocycles. The number of carbonyl (C=O) groups excluding carboxylic acids is 1. The Morgan fingerprint density at radius 2 is 1.61 bits per heavy atom. The third kappa shape index (κ3) is 2.13. The van der Waals surface area contributed by atoms with Gasteiger partial charge in [-0.15, -0.1) is 10.2 Å². The number of benzene rings is 2. The van der Waals surface area contributed by atoms with E-state index in [0.717, 1.165) is 5.56 Å². The first kappa shape index (κ1) is 13.7. The Morgan fingerprint density at radius 3 is 2.30 bits per heavy atom. The van der Waals surface area contributed by atoms with Crippen molar-refractivity contribution in [2.24, 2.45) is 0 Å². The maximum atomic E-state index is 12.5. The highest BCUT2D eigenvalue weighted by Gasteiger charge is 2.28. The van der Waals surface area contributed by atoms with Crippen molar-refractivity contribution in [2.45, 2.75) is 0 Å². The number of fused-ring (bicyclic) bond motifs is 3. The monoisotopic (exact) mass is 305 g/mol. The molecule has 2 aromatic carbocycles. The van der Waals surface area contributed by atoms with Crippen LogP contribution in [0.3, 0.4) is 0 Å². The second kappa shape index (κ2) is 5.06. The third-order valence-corrected chi connectivity index (χ3v) is 3.89. The zero-order valence-electron chi connectivity index (χ0n) is 11.9. The molecule has 0 amide bonds. The molecule has 23 heavy (non-hydrogen) atoms. The molecule has 1 unspecified atom stereocenters. The topological polar surface area (TPSA) is 90.6 Å². The van der Waals surface area contributed by atoms with Crippen LogP contribution in [-0.4, -0.2) is 21.2 Å². The summed E-state index contributed by atoms with van der Waals surface area (Å²) in [7, 11) is 0. The lowest BCUT2D eigenvalue weighted by atomic mass is 10.1. The van der Waals surface area contributed by atoms with Crippen molar-refractivity contribution in [3.8, 4) is 22.5 Å². The molecule has 1 aliphatic rings. The van der Waals surface area contributed by atoms with Crippen molar-refractivity contribution in [2.75, 3.05) is 0 Å². The minimum Gasteiger partial charge on any atom is -0.595 e. The van der Waals surface area contributed by atoms with Crippen LogP contribution in [-0.2, 0) is 0 Å². The van der Waals surface area contributed by atoms with E-state index in [4.69, 9.17) is 5.21 Å². The Bertz CT molecular complexity index is 921. The number of nitrogens with one attached hydrogen (secondary N) is 1. The standard InChI is InChI=1S/C17H11N3O3/c21-17-13-4-2-1-3-12(13)16-14(17)9-15(18-19-16)10-5-7-11(8-6-10)20(22)23/h1-9,20,22H. The maximum absolute atomic E-state index is 12.5. The number of carbonyl (C=O) groups is 1. The quantitative estimate of drug-likeness (QED) is 0.551. The van der Waals surface area contributed by atoms with Crippen LogP contribution >= 0.6 is 0 Å². The summed E-state index contributed by atoms with van der Waals surface area (Å²) in [5.41, 5.74) is 4.01. The molecule has 2 N–H and O–H groups in total. The third-order valence-electron chi connectivity index (χ3n) is 3.89. The fourth-order valence-electron chi connectivity index (χ4n) is 2.72. The van der Waals surface area contributed by atoms with Gasteiger partial charge < -0.3 is 5.21 Å². The predicted octanol–water partition coefficient (Wildman–Crippen LogP) is 1.76. The van der Waals surface area contributed by atoms with E-state index in [1.54, 1.807) is 24.3 Å². The lowest BCUT2D eigenvalue weighted by Crippen LogP contribution is -2.99. The van der Waals surface area contributed by atoms with Gasteiger partial charge in [0.1, 0.15) is 5.69 Å². The first-order valence-corrected chi connectivity index (χ1v) is 7.01. The van der Waals surface area contributed by atoms with Crippen LogP contribution in [0.4, 0.5) is 5.69 Å². The molecule has 0 fully saturated rings. The summed E-state index contributed by atoms with van der Waals surface area (Å²) in [4.78, 5) is 12.5. The van der Waals surface area contributed by atoms with Gasteiger partial charge in [-0.3, -0.25) is 4.79 Å². The lowest BCUT2D eigenvalue weighted by molar-refractivity contribution is -0.991. The molecule has 6 heteroatoms. The second-order valence-electron chi connectivity index (χ2n) is 5.25. The zero-order chi connectivity index (χ0) is 16.0. The molecule has 1 aromatic heterocycles. The molecular formula is C17H11N3O3. The normalized spacial score (nSPS) is 13.6. The van der Waals surface area contributed by atoms with Gasteiger partial charge in [-0.1, -0.05) is 24.3 Å². The van der Waals surface area contributed by atoms with E-state index in [2.05, 4.69) is 10.2 Å². The highest BCUT2D eigenvalue weighted by molar-refractivity contribution is 6.21. The van der Waals surface area contributed by atoms with Crippen molar-refractivity contribution >= 4 is 11.5 Å². The first-order valence-electron chi connectivity index (χ1n) is 7.01. The Labute approximate surface area is 131 Å². The van der Waals surface area contributed by atoms with Crippen LogP contribution < -0.4 is 5.23 Å². The molecule has 3 aromatic rings. The van der Waals surface area contributed by atoms with Crippen molar-refractivity contribution < 1.29 is 15.2 Å². The molecule has 0 radical (unpaired) electrons. The van der Waals surface area contributed by atoms with Gasteiger partial charge >= 0.3 is 0 Å². The van der Waals surface area contributed by atoms with Gasteiger partial charge in [0.25, 0.3) is 0 Å². The van der Waals surface area contributed by atoms with Crippen LogP contribution in [0.5, 0.6) is 0 Å². The fraction of sp³-hybridized carbons (Fsp3) is 0. The van der Waals surface area contributed by atoms with E-state index in [1.165, 1.54) is 12.1 Å². The zero-order valence-corrected chi connectivity index (χ0v) is 11.9. The second-order valence-corrected chi connectivity index (χ2v) is 5.25. The molecular weight excluding hydrogens is 294 g/mol. The van der Waals surface area contributed by atoms with Crippen molar-refractivity contribution in [1.82, 2.24) is 10.2 Å². The minimum absolute atomic E-state index is 0.0612. The molecule has 0 bridgehead atoms. The number of hydrogen-bond donors (Lipinski definition) is 2. The van der Waals surface area contributed by atoms with Crippen LogP contribution in [0.1, 0.15) is 15.9 Å². The molecule has 0 saturated carbocycles. The summed E-state index contributed by atoms with van der Waals surface area (Å²) >= 11 is 0.